The number of nitrogens with two attached hydrogens (primary N) is 1. The summed E-state index contributed by atoms with van der Waals surface area (Å²) >= 11 is 0. The number of rotatable bonds is 3. The number of aromatic nitrogens is 2. The highest BCUT2D eigenvalue weighted by Gasteiger charge is 2.18. The summed E-state index contributed by atoms with van der Waals surface area (Å²) in [6.07, 6.45) is 5.40. The fourth-order valence-corrected chi connectivity index (χ4v) is 2.01. The molecule has 2 heterocycles. The van der Waals surface area contributed by atoms with E-state index in [1.807, 2.05) is 0 Å². The summed E-state index contributed by atoms with van der Waals surface area (Å²) in [7, 11) is 0. The molecule has 0 radical (unpaired) electrons. The van der Waals surface area contributed by atoms with Gasteiger partial charge < -0.3 is 15.4 Å². The third kappa shape index (κ3) is 1.67. The predicted molar refractivity (Wildman–Crippen MR) is 53.8 cm³/mol. The van der Waals surface area contributed by atoms with E-state index in [1.54, 1.807) is 6.20 Å². The second-order valence-electron chi connectivity index (χ2n) is 3.80. The van der Waals surface area contributed by atoms with Crippen molar-refractivity contribution in [2.45, 2.75) is 38.3 Å². The quantitative estimate of drug-likeness (QED) is 0.742. The van der Waals surface area contributed by atoms with Crippen LogP contribution in [0.5, 0.6) is 0 Å². The Hall–Kier alpha value is -0.870. The van der Waals surface area contributed by atoms with E-state index in [-0.39, 0.29) is 0 Å². The lowest BCUT2D eigenvalue weighted by atomic mass is 10.1. The molecule has 4 heteroatoms. The molecule has 3 N–H and O–H groups in total. The number of aliphatic hydroxyl groups is 1. The molecule has 4 nitrogen and oxygen atoms in total. The van der Waals surface area contributed by atoms with Crippen LogP contribution in [0.15, 0.2) is 6.20 Å². The van der Waals surface area contributed by atoms with Crippen LogP contribution >= 0.6 is 0 Å². The van der Waals surface area contributed by atoms with Crippen molar-refractivity contribution in [2.75, 3.05) is 6.54 Å². The molecule has 0 saturated carbocycles. The lowest BCUT2D eigenvalue weighted by Crippen LogP contribution is -2.16. The highest BCUT2D eigenvalue weighted by Crippen LogP contribution is 2.22. The first-order valence-corrected chi connectivity index (χ1v) is 5.25. The average molecular weight is 195 g/mol. The number of hydrogen-bond donors (Lipinski definition) is 2. The third-order valence-corrected chi connectivity index (χ3v) is 2.78. The number of fused-ring (bicyclic) bond motifs is 1. The van der Waals surface area contributed by atoms with Crippen molar-refractivity contribution in [2.24, 2.45) is 5.73 Å². The maximum atomic E-state index is 9.82. The molecule has 1 aliphatic rings. The van der Waals surface area contributed by atoms with E-state index in [2.05, 4.69) is 9.55 Å². The maximum absolute atomic E-state index is 9.82. The van der Waals surface area contributed by atoms with Gasteiger partial charge in [0, 0.05) is 13.0 Å². The van der Waals surface area contributed by atoms with Crippen LogP contribution < -0.4 is 5.73 Å². The fraction of sp³-hybridized carbons (Fsp3) is 0.700. The summed E-state index contributed by atoms with van der Waals surface area (Å²) in [5.74, 6) is 1.11. The van der Waals surface area contributed by atoms with Crippen LogP contribution in [0.4, 0.5) is 0 Å². The smallest absolute Gasteiger partial charge is 0.108 e. The first kappa shape index (κ1) is 9.68. The van der Waals surface area contributed by atoms with Crippen molar-refractivity contribution in [3.63, 3.8) is 0 Å². The Morgan fingerprint density at radius 1 is 1.57 bits per heavy atom. The zero-order chi connectivity index (χ0) is 9.97. The molecule has 2 rings (SSSR count). The molecule has 0 saturated heterocycles. The van der Waals surface area contributed by atoms with Gasteiger partial charge in [0.25, 0.3) is 0 Å². The Morgan fingerprint density at radius 3 is 3.21 bits per heavy atom. The largest absolute Gasteiger partial charge is 0.387 e. The number of imidazole rings is 1. The molecule has 78 valence electrons. The van der Waals surface area contributed by atoms with Gasteiger partial charge in [0.05, 0.1) is 18.0 Å². The summed E-state index contributed by atoms with van der Waals surface area (Å²) in [5.41, 5.74) is 6.36. The second kappa shape index (κ2) is 4.11. The van der Waals surface area contributed by atoms with E-state index < -0.39 is 6.10 Å². The molecule has 14 heavy (non-hydrogen) atoms. The van der Waals surface area contributed by atoms with Crippen molar-refractivity contribution in [1.29, 1.82) is 0 Å². The molecule has 1 unspecified atom stereocenters. The van der Waals surface area contributed by atoms with Gasteiger partial charge in [-0.05, 0) is 25.8 Å². The molecule has 0 aliphatic carbocycles. The van der Waals surface area contributed by atoms with E-state index in [0.29, 0.717) is 13.0 Å². The van der Waals surface area contributed by atoms with E-state index in [9.17, 15) is 5.11 Å². The summed E-state index contributed by atoms with van der Waals surface area (Å²) in [5, 5.41) is 9.82. The molecular formula is C10H17N3O. The third-order valence-electron chi connectivity index (χ3n) is 2.78. The molecular weight excluding hydrogens is 178 g/mol. The van der Waals surface area contributed by atoms with E-state index >= 15 is 0 Å². The van der Waals surface area contributed by atoms with Gasteiger partial charge in [-0.25, -0.2) is 4.98 Å². The summed E-state index contributed by atoms with van der Waals surface area (Å²) in [6, 6.07) is 0. The maximum Gasteiger partial charge on any atom is 0.108 e. The average Bonchev–Trinajstić information content (AvgIpc) is 2.61. The Labute approximate surface area is 83.8 Å². The Morgan fingerprint density at radius 2 is 2.43 bits per heavy atom. The monoisotopic (exact) mass is 195 g/mol. The van der Waals surface area contributed by atoms with Gasteiger partial charge in [0.1, 0.15) is 5.82 Å². The molecule has 0 aromatic carbocycles. The predicted octanol–water partition coefficient (Wildman–Crippen LogP) is 0.602. The van der Waals surface area contributed by atoms with Crippen molar-refractivity contribution < 1.29 is 5.11 Å². The molecule has 0 fully saturated rings. The van der Waals surface area contributed by atoms with Crippen LogP contribution in [-0.4, -0.2) is 21.2 Å². The van der Waals surface area contributed by atoms with Crippen molar-refractivity contribution >= 4 is 0 Å². The highest BCUT2D eigenvalue weighted by atomic mass is 16.3. The summed E-state index contributed by atoms with van der Waals surface area (Å²) in [6.45, 7) is 1.51. The Balaban J connectivity index is 2.21. The van der Waals surface area contributed by atoms with Gasteiger partial charge in [-0.2, -0.15) is 0 Å². The normalized spacial score (nSPS) is 17.9. The lowest BCUT2D eigenvalue weighted by molar-refractivity contribution is 0.159. The minimum Gasteiger partial charge on any atom is -0.387 e. The van der Waals surface area contributed by atoms with Gasteiger partial charge in [-0.3, -0.25) is 0 Å². The van der Waals surface area contributed by atoms with Crippen molar-refractivity contribution in [1.82, 2.24) is 9.55 Å². The zero-order valence-electron chi connectivity index (χ0n) is 8.32. The molecule has 0 amide bonds. The molecule has 1 aromatic rings. The van der Waals surface area contributed by atoms with Crippen molar-refractivity contribution in [3.05, 3.63) is 17.7 Å². The molecule has 1 aliphatic heterocycles. The minimum absolute atomic E-state index is 0.445. The van der Waals surface area contributed by atoms with Crippen LogP contribution in [0.2, 0.25) is 0 Å². The Kier molecular flexibility index (Phi) is 2.84. The van der Waals surface area contributed by atoms with Crippen LogP contribution in [0.1, 0.15) is 36.9 Å². The first-order valence-electron chi connectivity index (χ1n) is 5.25. The highest BCUT2D eigenvalue weighted by molar-refractivity contribution is 5.10. The molecule has 0 spiro atoms. The van der Waals surface area contributed by atoms with Gasteiger partial charge in [-0.1, -0.05) is 0 Å². The van der Waals surface area contributed by atoms with E-state index in [4.69, 9.17) is 5.73 Å². The van der Waals surface area contributed by atoms with Gasteiger partial charge in [-0.15, -0.1) is 0 Å². The number of aryl methyl sites for hydroxylation is 1. The van der Waals surface area contributed by atoms with Crippen molar-refractivity contribution in [3.8, 4) is 0 Å². The summed E-state index contributed by atoms with van der Waals surface area (Å²) < 4.78 is 2.14. The number of hydrogen-bond acceptors (Lipinski definition) is 3. The number of nitrogens with zero attached hydrogens (tertiary/aromatic N) is 2. The minimum atomic E-state index is -0.445. The summed E-state index contributed by atoms with van der Waals surface area (Å²) in [4.78, 5) is 4.32. The Bertz CT molecular complexity index is 308. The van der Waals surface area contributed by atoms with Gasteiger partial charge in [0.2, 0.25) is 0 Å². The van der Waals surface area contributed by atoms with Crippen LogP contribution in [0.3, 0.4) is 0 Å². The SMILES string of the molecule is NCCC(O)c1cnc2n1CCCC2. The van der Waals surface area contributed by atoms with Crippen LogP contribution in [0, 0.1) is 0 Å². The van der Waals surface area contributed by atoms with Crippen LogP contribution in [0.25, 0.3) is 0 Å². The lowest BCUT2D eigenvalue weighted by Gasteiger charge is -2.18. The van der Waals surface area contributed by atoms with E-state index in [0.717, 1.165) is 24.5 Å². The fourth-order valence-electron chi connectivity index (χ4n) is 2.01. The molecule has 1 atom stereocenters. The molecule has 1 aromatic heterocycles. The number of aliphatic hydroxyl groups excluding tert-OH is 1. The van der Waals surface area contributed by atoms with Crippen LogP contribution in [-0.2, 0) is 13.0 Å². The topological polar surface area (TPSA) is 64.1 Å². The first-order chi connectivity index (χ1) is 6.83. The van der Waals surface area contributed by atoms with E-state index in [1.165, 1.54) is 12.8 Å². The van der Waals surface area contributed by atoms with Gasteiger partial charge >= 0.3 is 0 Å². The van der Waals surface area contributed by atoms with Gasteiger partial charge in [0.15, 0.2) is 0 Å². The molecule has 0 bridgehead atoms. The zero-order valence-corrected chi connectivity index (χ0v) is 8.32. The standard InChI is InChI=1S/C10H17N3O/c11-5-4-9(14)8-7-12-10-3-1-2-6-13(8)10/h7,9,14H,1-6,11H2. The second-order valence-corrected chi connectivity index (χ2v) is 3.80.